The van der Waals surface area contributed by atoms with E-state index >= 15 is 0 Å². The smallest absolute Gasteiger partial charge is 0.410 e. The molecule has 1 aliphatic heterocycles. The van der Waals surface area contributed by atoms with E-state index in [-0.39, 0.29) is 12.2 Å². The van der Waals surface area contributed by atoms with E-state index in [4.69, 9.17) is 19.2 Å². The maximum Gasteiger partial charge on any atom is 0.410 e. The summed E-state index contributed by atoms with van der Waals surface area (Å²) in [4.78, 5) is 19.0. The fourth-order valence-corrected chi connectivity index (χ4v) is 6.02. The Morgan fingerprint density at radius 1 is 1.10 bits per heavy atom. The fourth-order valence-electron chi connectivity index (χ4n) is 5.17. The molecule has 1 aromatic carbocycles. The van der Waals surface area contributed by atoms with Gasteiger partial charge in [-0.15, -0.1) is 11.3 Å². The summed E-state index contributed by atoms with van der Waals surface area (Å²) < 4.78 is 23.7. The molecule has 5 rings (SSSR count). The van der Waals surface area contributed by atoms with E-state index in [1.807, 2.05) is 51.2 Å². The number of fused-ring (bicyclic) bond motifs is 1. The van der Waals surface area contributed by atoms with Crippen LogP contribution in [0.2, 0.25) is 0 Å². The van der Waals surface area contributed by atoms with Gasteiger partial charge in [0.25, 0.3) is 0 Å². The molecule has 0 bridgehead atoms. The van der Waals surface area contributed by atoms with Crippen molar-refractivity contribution in [3.8, 4) is 23.0 Å². The Morgan fingerprint density at radius 3 is 2.60 bits per heavy atom. The maximum absolute atomic E-state index is 12.4. The van der Waals surface area contributed by atoms with Crippen LogP contribution in [0.25, 0.3) is 21.7 Å². The van der Waals surface area contributed by atoms with E-state index in [1.165, 1.54) is 15.9 Å². The van der Waals surface area contributed by atoms with E-state index in [9.17, 15) is 4.79 Å². The average molecular weight is 565 g/mol. The van der Waals surface area contributed by atoms with Gasteiger partial charge in [0.2, 0.25) is 0 Å². The van der Waals surface area contributed by atoms with Gasteiger partial charge in [0.05, 0.1) is 22.5 Å². The number of benzene rings is 1. The molecule has 1 amide bonds. The van der Waals surface area contributed by atoms with Gasteiger partial charge in [0.15, 0.2) is 5.82 Å². The molecule has 0 saturated carbocycles. The third-order valence-electron chi connectivity index (χ3n) is 7.23. The standard InChI is InChI=1S/C31H40N4O4S/c1-6-22-21-32-29(27-20-28-26(33(27)5)14-19-40-28)35(22)17-18-37-23-9-11-25(12-10-23)38-24-8-7-15-34(16-13-24)30(36)39-31(2,3)4/h9-12,14,19-21,24H,6-8,13,15-18H2,1-5H3. The Balaban J connectivity index is 1.15. The van der Waals surface area contributed by atoms with Gasteiger partial charge in [-0.1, -0.05) is 6.92 Å². The number of hydrogen-bond acceptors (Lipinski definition) is 6. The van der Waals surface area contributed by atoms with Gasteiger partial charge in [-0.3, -0.25) is 0 Å². The van der Waals surface area contributed by atoms with Crippen LogP contribution in [0, 0.1) is 0 Å². The number of aryl methyl sites for hydroxylation is 2. The molecule has 3 aromatic heterocycles. The van der Waals surface area contributed by atoms with Gasteiger partial charge in [0, 0.05) is 38.4 Å². The highest BCUT2D eigenvalue weighted by Crippen LogP contribution is 2.31. The Kier molecular flexibility index (Phi) is 8.40. The number of carbonyl (C=O) groups is 1. The molecule has 1 saturated heterocycles. The Labute approximate surface area is 240 Å². The summed E-state index contributed by atoms with van der Waals surface area (Å²) in [6.45, 7) is 10.4. The molecule has 1 atom stereocenters. The normalized spacial score (nSPS) is 16.2. The summed E-state index contributed by atoms with van der Waals surface area (Å²) in [6.07, 6.45) is 5.29. The molecule has 4 aromatic rings. The van der Waals surface area contributed by atoms with Crippen LogP contribution < -0.4 is 9.47 Å². The minimum absolute atomic E-state index is 0.0686. The van der Waals surface area contributed by atoms with Crippen molar-refractivity contribution in [1.29, 1.82) is 0 Å². The first-order valence-electron chi connectivity index (χ1n) is 14.2. The third kappa shape index (κ3) is 6.46. The first-order chi connectivity index (χ1) is 19.2. The van der Waals surface area contributed by atoms with Crippen LogP contribution in [0.4, 0.5) is 4.79 Å². The fraction of sp³-hybridized carbons (Fsp3) is 0.484. The van der Waals surface area contributed by atoms with Crippen LogP contribution in [0.1, 0.15) is 52.7 Å². The zero-order valence-electron chi connectivity index (χ0n) is 24.2. The largest absolute Gasteiger partial charge is 0.492 e. The molecule has 1 aliphatic rings. The van der Waals surface area contributed by atoms with Gasteiger partial charge in [-0.2, -0.15) is 0 Å². The summed E-state index contributed by atoms with van der Waals surface area (Å²) in [7, 11) is 2.10. The number of nitrogens with zero attached hydrogens (tertiary/aromatic N) is 4. The number of amides is 1. The first kappa shape index (κ1) is 28.1. The number of carbonyl (C=O) groups excluding carboxylic acids is 1. The molecule has 0 radical (unpaired) electrons. The van der Waals surface area contributed by atoms with Crippen molar-refractivity contribution >= 4 is 27.6 Å². The van der Waals surface area contributed by atoms with Gasteiger partial charge >= 0.3 is 6.09 Å². The predicted molar refractivity (Wildman–Crippen MR) is 159 cm³/mol. The van der Waals surface area contributed by atoms with Crippen molar-refractivity contribution in [2.75, 3.05) is 19.7 Å². The lowest BCUT2D eigenvalue weighted by Gasteiger charge is -2.26. The highest BCUT2D eigenvalue weighted by molar-refractivity contribution is 7.17. The minimum atomic E-state index is -0.485. The Hall–Kier alpha value is -3.46. The first-order valence-corrected chi connectivity index (χ1v) is 15.0. The van der Waals surface area contributed by atoms with Gasteiger partial charge < -0.3 is 28.2 Å². The van der Waals surface area contributed by atoms with Crippen molar-refractivity contribution in [3.05, 3.63) is 53.7 Å². The van der Waals surface area contributed by atoms with Crippen LogP contribution in [0.3, 0.4) is 0 Å². The van der Waals surface area contributed by atoms with Gasteiger partial charge in [0.1, 0.15) is 29.8 Å². The van der Waals surface area contributed by atoms with Gasteiger partial charge in [-0.25, -0.2) is 9.78 Å². The van der Waals surface area contributed by atoms with E-state index < -0.39 is 5.60 Å². The van der Waals surface area contributed by atoms with Crippen LogP contribution in [0.5, 0.6) is 11.5 Å². The molecule has 9 heteroatoms. The number of hydrogen-bond donors (Lipinski definition) is 0. The predicted octanol–water partition coefficient (Wildman–Crippen LogP) is 6.91. The monoisotopic (exact) mass is 564 g/mol. The molecule has 0 aliphatic carbocycles. The summed E-state index contributed by atoms with van der Waals surface area (Å²) in [5, 5.41) is 2.12. The summed E-state index contributed by atoms with van der Waals surface area (Å²) in [5.74, 6) is 2.60. The second-order valence-electron chi connectivity index (χ2n) is 11.3. The van der Waals surface area contributed by atoms with Crippen molar-refractivity contribution in [2.24, 2.45) is 7.05 Å². The zero-order valence-corrected chi connectivity index (χ0v) is 25.0. The maximum atomic E-state index is 12.4. The summed E-state index contributed by atoms with van der Waals surface area (Å²) in [6, 6.07) is 12.2. The van der Waals surface area contributed by atoms with Crippen molar-refractivity contribution in [2.45, 2.75) is 71.6 Å². The molecular formula is C31H40N4O4S. The lowest BCUT2D eigenvalue weighted by molar-refractivity contribution is 0.0252. The second-order valence-corrected chi connectivity index (χ2v) is 12.2. The lowest BCUT2D eigenvalue weighted by atomic mass is 10.1. The van der Waals surface area contributed by atoms with Crippen LogP contribution >= 0.6 is 11.3 Å². The van der Waals surface area contributed by atoms with E-state index in [0.717, 1.165) is 48.7 Å². The van der Waals surface area contributed by atoms with Crippen molar-refractivity contribution < 1.29 is 19.0 Å². The number of ether oxygens (including phenoxy) is 3. The number of rotatable bonds is 8. The SMILES string of the molecule is CCc1cnc(-c2cc3sccc3n2C)n1CCOc1ccc(OC2CCCN(C(=O)OC(C)(C)C)CC2)cc1. The number of aromatic nitrogens is 3. The topological polar surface area (TPSA) is 70.8 Å². The quantitative estimate of drug-likeness (QED) is 0.233. The Bertz CT molecular complexity index is 1430. The molecule has 0 N–H and O–H groups in total. The van der Waals surface area contributed by atoms with Crippen molar-refractivity contribution in [1.82, 2.24) is 19.0 Å². The van der Waals surface area contributed by atoms with Crippen LogP contribution in [0.15, 0.2) is 48.0 Å². The molecule has 8 nitrogen and oxygen atoms in total. The molecule has 214 valence electrons. The minimum Gasteiger partial charge on any atom is -0.492 e. The highest BCUT2D eigenvalue weighted by Gasteiger charge is 2.26. The van der Waals surface area contributed by atoms with E-state index in [0.29, 0.717) is 26.2 Å². The van der Waals surface area contributed by atoms with Crippen LogP contribution in [-0.4, -0.2) is 56.5 Å². The number of imidazole rings is 1. The number of thiophene rings is 1. The average Bonchev–Trinajstić information content (AvgIpc) is 3.56. The van der Waals surface area contributed by atoms with E-state index in [2.05, 4.69) is 40.6 Å². The number of likely N-dealkylation sites (tertiary alicyclic amines) is 1. The van der Waals surface area contributed by atoms with Crippen LogP contribution in [-0.2, 0) is 24.8 Å². The van der Waals surface area contributed by atoms with Crippen molar-refractivity contribution in [3.63, 3.8) is 0 Å². The Morgan fingerprint density at radius 2 is 1.88 bits per heavy atom. The van der Waals surface area contributed by atoms with Gasteiger partial charge in [-0.05, 0) is 81.8 Å². The zero-order chi connectivity index (χ0) is 28.3. The molecule has 1 unspecified atom stereocenters. The molecular weight excluding hydrogens is 524 g/mol. The molecule has 4 heterocycles. The molecule has 0 spiro atoms. The summed E-state index contributed by atoms with van der Waals surface area (Å²) >= 11 is 1.75. The highest BCUT2D eigenvalue weighted by atomic mass is 32.1. The lowest BCUT2D eigenvalue weighted by Crippen LogP contribution is -2.37. The summed E-state index contributed by atoms with van der Waals surface area (Å²) in [5.41, 5.74) is 3.06. The third-order valence-corrected chi connectivity index (χ3v) is 8.08. The molecule has 40 heavy (non-hydrogen) atoms. The molecule has 1 fully saturated rings. The van der Waals surface area contributed by atoms with E-state index in [1.54, 1.807) is 16.2 Å². The second kappa shape index (κ2) is 12.0.